The first-order valence-corrected chi connectivity index (χ1v) is 8.62. The summed E-state index contributed by atoms with van der Waals surface area (Å²) >= 11 is 0. The van der Waals surface area contributed by atoms with Crippen LogP contribution in [0, 0.1) is 5.92 Å². The molecule has 1 atom stereocenters. The van der Waals surface area contributed by atoms with Crippen LogP contribution in [-0.4, -0.2) is 25.3 Å². The van der Waals surface area contributed by atoms with E-state index < -0.39 is 10.1 Å². The summed E-state index contributed by atoms with van der Waals surface area (Å²) in [5.74, 6) is 1.60. The molecule has 1 aromatic rings. The highest BCUT2D eigenvalue weighted by molar-refractivity contribution is 7.85. The van der Waals surface area contributed by atoms with E-state index in [-0.39, 0.29) is 18.8 Å². The predicted molar refractivity (Wildman–Crippen MR) is 80.8 cm³/mol. The Morgan fingerprint density at radius 3 is 2.25 bits per heavy atom. The normalized spacial score (nSPS) is 13.4. The minimum atomic E-state index is -3.89. The van der Waals surface area contributed by atoms with E-state index >= 15 is 0 Å². The summed E-state index contributed by atoms with van der Waals surface area (Å²) in [4.78, 5) is 0. The van der Waals surface area contributed by atoms with Crippen molar-refractivity contribution < 1.29 is 17.7 Å². The molecular weight excluding hydrogens is 276 g/mol. The molecule has 0 saturated heterocycles. The zero-order valence-electron chi connectivity index (χ0n) is 12.4. The third-order valence-corrected chi connectivity index (χ3v) is 4.17. The standard InChI is InChI=1S/C15H24O4S/c1-4-15(12(2)3)13-6-8-14(9-7-13)19-10-5-11-20(16,17)18/h6-9,12,15H,4-5,10-11H2,1-3H3,(H,16,17,18). The van der Waals surface area contributed by atoms with Crippen LogP contribution < -0.4 is 4.74 Å². The second-order valence-electron chi connectivity index (χ2n) is 5.32. The molecule has 0 aromatic heterocycles. The van der Waals surface area contributed by atoms with Gasteiger partial charge in [0.15, 0.2) is 0 Å². The lowest BCUT2D eigenvalue weighted by Crippen LogP contribution is -2.08. The Morgan fingerprint density at radius 2 is 1.80 bits per heavy atom. The van der Waals surface area contributed by atoms with Gasteiger partial charge in [0.1, 0.15) is 5.75 Å². The highest BCUT2D eigenvalue weighted by Crippen LogP contribution is 2.28. The maximum Gasteiger partial charge on any atom is 0.264 e. The van der Waals surface area contributed by atoms with Gasteiger partial charge in [-0.15, -0.1) is 0 Å². The van der Waals surface area contributed by atoms with Crippen LogP contribution in [0.3, 0.4) is 0 Å². The van der Waals surface area contributed by atoms with Gasteiger partial charge >= 0.3 is 0 Å². The average molecular weight is 300 g/mol. The Labute approximate surface area is 121 Å². The van der Waals surface area contributed by atoms with E-state index in [2.05, 4.69) is 32.9 Å². The van der Waals surface area contributed by atoms with E-state index in [4.69, 9.17) is 9.29 Å². The Kier molecular flexibility index (Phi) is 6.49. The van der Waals surface area contributed by atoms with Crippen molar-refractivity contribution in [3.8, 4) is 5.75 Å². The van der Waals surface area contributed by atoms with E-state index in [0.29, 0.717) is 11.8 Å². The summed E-state index contributed by atoms with van der Waals surface area (Å²) < 4.78 is 35.2. The maximum absolute atomic E-state index is 10.6. The number of ether oxygens (including phenoxy) is 1. The lowest BCUT2D eigenvalue weighted by Gasteiger charge is -2.19. The second kappa shape index (κ2) is 7.64. The quantitative estimate of drug-likeness (QED) is 0.589. The van der Waals surface area contributed by atoms with Crippen molar-refractivity contribution in [3.63, 3.8) is 0 Å². The summed E-state index contributed by atoms with van der Waals surface area (Å²) in [5, 5.41) is 0. The van der Waals surface area contributed by atoms with Crippen molar-refractivity contribution in [2.45, 2.75) is 39.5 Å². The molecule has 0 radical (unpaired) electrons. The van der Waals surface area contributed by atoms with Crippen LogP contribution in [0.25, 0.3) is 0 Å². The van der Waals surface area contributed by atoms with Gasteiger partial charge in [-0.3, -0.25) is 4.55 Å². The van der Waals surface area contributed by atoms with E-state index in [1.54, 1.807) is 0 Å². The largest absolute Gasteiger partial charge is 0.494 e. The molecule has 114 valence electrons. The molecule has 1 rings (SSSR count). The van der Waals surface area contributed by atoms with Gasteiger partial charge in [-0.25, -0.2) is 0 Å². The van der Waals surface area contributed by atoms with Crippen LogP contribution in [-0.2, 0) is 10.1 Å². The number of hydrogen-bond donors (Lipinski definition) is 1. The zero-order chi connectivity index (χ0) is 15.2. The number of rotatable bonds is 8. The fraction of sp³-hybridized carbons (Fsp3) is 0.600. The summed E-state index contributed by atoms with van der Waals surface area (Å²) in [5.41, 5.74) is 1.30. The Bertz CT molecular complexity index is 491. The third kappa shape index (κ3) is 5.92. The molecular formula is C15H24O4S. The minimum Gasteiger partial charge on any atom is -0.494 e. The Balaban J connectivity index is 2.50. The monoisotopic (exact) mass is 300 g/mol. The molecule has 0 aliphatic carbocycles. The van der Waals surface area contributed by atoms with Gasteiger partial charge in [-0.2, -0.15) is 8.42 Å². The van der Waals surface area contributed by atoms with Gasteiger partial charge in [0.05, 0.1) is 12.4 Å². The lowest BCUT2D eigenvalue weighted by molar-refractivity contribution is 0.316. The fourth-order valence-corrected chi connectivity index (χ4v) is 2.82. The zero-order valence-corrected chi connectivity index (χ0v) is 13.2. The van der Waals surface area contributed by atoms with E-state index in [1.165, 1.54) is 5.56 Å². The van der Waals surface area contributed by atoms with Crippen LogP contribution in [0.1, 0.15) is 45.1 Å². The molecule has 1 N–H and O–H groups in total. The van der Waals surface area contributed by atoms with Crippen molar-refractivity contribution in [1.29, 1.82) is 0 Å². The molecule has 20 heavy (non-hydrogen) atoms. The minimum absolute atomic E-state index is 0.268. The van der Waals surface area contributed by atoms with Gasteiger partial charge in [0.25, 0.3) is 10.1 Å². The van der Waals surface area contributed by atoms with Crippen molar-refractivity contribution in [2.75, 3.05) is 12.4 Å². The first-order chi connectivity index (χ1) is 9.33. The van der Waals surface area contributed by atoms with E-state index in [0.717, 1.165) is 12.2 Å². The second-order valence-corrected chi connectivity index (χ2v) is 6.89. The molecule has 0 aliphatic rings. The molecule has 0 saturated carbocycles. The van der Waals surface area contributed by atoms with Crippen molar-refractivity contribution in [3.05, 3.63) is 29.8 Å². The number of hydrogen-bond acceptors (Lipinski definition) is 3. The van der Waals surface area contributed by atoms with Crippen molar-refractivity contribution >= 4 is 10.1 Å². The summed E-state index contributed by atoms with van der Waals surface area (Å²) in [6, 6.07) is 7.94. The van der Waals surface area contributed by atoms with E-state index in [1.807, 2.05) is 12.1 Å². The van der Waals surface area contributed by atoms with E-state index in [9.17, 15) is 8.42 Å². The third-order valence-electron chi connectivity index (χ3n) is 3.37. The molecule has 1 aromatic carbocycles. The van der Waals surface area contributed by atoms with Crippen molar-refractivity contribution in [1.82, 2.24) is 0 Å². The summed E-state index contributed by atoms with van der Waals surface area (Å²) in [6.07, 6.45) is 1.39. The van der Waals surface area contributed by atoms with Crippen LogP contribution in [0.4, 0.5) is 0 Å². The van der Waals surface area contributed by atoms with Gasteiger partial charge in [-0.05, 0) is 42.4 Å². The first-order valence-electron chi connectivity index (χ1n) is 7.01. The molecule has 0 bridgehead atoms. The van der Waals surface area contributed by atoms with Crippen LogP contribution in [0.15, 0.2) is 24.3 Å². The Morgan fingerprint density at radius 1 is 1.20 bits per heavy atom. The van der Waals surface area contributed by atoms with Gasteiger partial charge in [0.2, 0.25) is 0 Å². The molecule has 5 heteroatoms. The molecule has 4 nitrogen and oxygen atoms in total. The highest BCUT2D eigenvalue weighted by Gasteiger charge is 2.13. The lowest BCUT2D eigenvalue weighted by atomic mass is 9.86. The van der Waals surface area contributed by atoms with Crippen LogP contribution in [0.2, 0.25) is 0 Å². The molecule has 0 spiro atoms. The molecule has 0 aliphatic heterocycles. The van der Waals surface area contributed by atoms with Crippen LogP contribution >= 0.6 is 0 Å². The molecule has 0 amide bonds. The first kappa shape index (κ1) is 17.0. The van der Waals surface area contributed by atoms with Gasteiger partial charge in [0, 0.05) is 0 Å². The SMILES string of the molecule is CCC(c1ccc(OCCCS(=O)(=O)O)cc1)C(C)C. The fourth-order valence-electron chi connectivity index (χ4n) is 2.33. The highest BCUT2D eigenvalue weighted by atomic mass is 32.2. The molecule has 1 unspecified atom stereocenters. The topological polar surface area (TPSA) is 63.6 Å². The smallest absolute Gasteiger partial charge is 0.264 e. The van der Waals surface area contributed by atoms with Gasteiger partial charge in [-0.1, -0.05) is 32.9 Å². The van der Waals surface area contributed by atoms with Gasteiger partial charge < -0.3 is 4.74 Å². The van der Waals surface area contributed by atoms with Crippen molar-refractivity contribution in [2.24, 2.45) is 5.92 Å². The molecule has 0 fully saturated rings. The summed E-state index contributed by atoms with van der Waals surface area (Å²) in [7, 11) is -3.89. The maximum atomic E-state index is 10.6. The average Bonchev–Trinajstić information content (AvgIpc) is 2.35. The Hall–Kier alpha value is -1.07. The van der Waals surface area contributed by atoms with Crippen LogP contribution in [0.5, 0.6) is 5.75 Å². The molecule has 0 heterocycles. The predicted octanol–water partition coefficient (Wildman–Crippen LogP) is 3.49. The summed E-state index contributed by atoms with van der Waals surface area (Å²) in [6.45, 7) is 6.90. The number of benzene rings is 1.